The first-order valence-corrected chi connectivity index (χ1v) is 10.9. The van der Waals surface area contributed by atoms with Crippen molar-refractivity contribution in [1.29, 1.82) is 0 Å². The number of rotatable bonds is 7. The zero-order chi connectivity index (χ0) is 23.2. The molecule has 0 unspecified atom stereocenters. The maximum Gasteiger partial charge on any atom is 0.227 e. The predicted molar refractivity (Wildman–Crippen MR) is 124 cm³/mol. The molecule has 0 spiro atoms. The highest BCUT2D eigenvalue weighted by atomic mass is 16.5. The lowest BCUT2D eigenvalue weighted by Crippen LogP contribution is -2.40. The van der Waals surface area contributed by atoms with Crippen LogP contribution < -0.4 is 14.2 Å². The molecule has 0 bridgehead atoms. The second-order valence-electron chi connectivity index (χ2n) is 7.94. The molecule has 1 aromatic carbocycles. The van der Waals surface area contributed by atoms with Gasteiger partial charge in [0.25, 0.3) is 0 Å². The van der Waals surface area contributed by atoms with Gasteiger partial charge in [-0.05, 0) is 48.7 Å². The molecule has 1 atom stereocenters. The van der Waals surface area contributed by atoms with E-state index in [1.54, 1.807) is 39.9 Å². The molecule has 0 aliphatic carbocycles. The molecular weight excluding hydrogens is 420 g/mol. The highest BCUT2D eigenvalue weighted by Gasteiger charge is 2.26. The van der Waals surface area contributed by atoms with Crippen molar-refractivity contribution in [1.82, 2.24) is 19.9 Å². The lowest BCUT2D eigenvalue weighted by molar-refractivity contribution is -0.131. The zero-order valence-electron chi connectivity index (χ0n) is 19.2. The first kappa shape index (κ1) is 22.5. The van der Waals surface area contributed by atoms with E-state index in [0.29, 0.717) is 29.6 Å². The third kappa shape index (κ3) is 5.05. The molecule has 2 aromatic heterocycles. The summed E-state index contributed by atoms with van der Waals surface area (Å²) in [6.07, 6.45) is 7.43. The highest BCUT2D eigenvalue weighted by Crippen LogP contribution is 2.38. The Morgan fingerprint density at radius 1 is 1.09 bits per heavy atom. The Labute approximate surface area is 193 Å². The minimum absolute atomic E-state index is 0.0653. The number of piperidine rings is 1. The molecule has 1 aliphatic rings. The number of likely N-dealkylation sites (tertiary alicyclic amines) is 1. The number of benzene rings is 1. The quantitative estimate of drug-likeness (QED) is 0.547. The number of hydrogen-bond acceptors (Lipinski definition) is 7. The number of ether oxygens (including phenoxy) is 3. The van der Waals surface area contributed by atoms with Gasteiger partial charge in [0.05, 0.1) is 27.8 Å². The topological polar surface area (TPSA) is 86.7 Å². The van der Waals surface area contributed by atoms with Gasteiger partial charge < -0.3 is 19.1 Å². The van der Waals surface area contributed by atoms with Crippen LogP contribution in [0.3, 0.4) is 0 Å². The highest BCUT2D eigenvalue weighted by molar-refractivity contribution is 5.79. The molecular formula is C25H28N4O4. The van der Waals surface area contributed by atoms with Gasteiger partial charge in [0.2, 0.25) is 11.7 Å². The molecule has 8 nitrogen and oxygen atoms in total. The van der Waals surface area contributed by atoms with Gasteiger partial charge in [-0.3, -0.25) is 9.78 Å². The standard InChI is InChI=1S/C25H28N4O4/c1-31-21-12-17(13-22(32-2)24(21)33-3)14-23(30)29-11-5-7-19(16-29)20-8-10-27-25(28-20)18-6-4-9-26-15-18/h4,6,8-10,12-13,15,19H,5,7,11,14,16H2,1-3H3/t19-/m0/s1. The predicted octanol–water partition coefficient (Wildman–Crippen LogP) is 3.51. The van der Waals surface area contributed by atoms with Crippen molar-refractivity contribution < 1.29 is 19.0 Å². The molecule has 1 aliphatic heterocycles. The van der Waals surface area contributed by atoms with Crippen molar-refractivity contribution in [2.24, 2.45) is 0 Å². The summed E-state index contributed by atoms with van der Waals surface area (Å²) >= 11 is 0. The van der Waals surface area contributed by atoms with E-state index in [1.807, 2.05) is 35.2 Å². The van der Waals surface area contributed by atoms with E-state index < -0.39 is 0 Å². The number of nitrogens with zero attached hydrogens (tertiary/aromatic N) is 4. The summed E-state index contributed by atoms with van der Waals surface area (Å²) in [5.41, 5.74) is 2.65. The molecule has 1 fully saturated rings. The number of amides is 1. The van der Waals surface area contributed by atoms with E-state index in [0.717, 1.165) is 36.2 Å². The fourth-order valence-corrected chi connectivity index (χ4v) is 4.20. The molecule has 1 amide bonds. The van der Waals surface area contributed by atoms with Gasteiger partial charge in [-0.25, -0.2) is 9.97 Å². The van der Waals surface area contributed by atoms with Crippen LogP contribution in [-0.2, 0) is 11.2 Å². The first-order chi connectivity index (χ1) is 16.1. The van der Waals surface area contributed by atoms with Crippen LogP contribution in [-0.4, -0.2) is 60.2 Å². The molecule has 8 heteroatoms. The average molecular weight is 449 g/mol. The van der Waals surface area contributed by atoms with E-state index in [9.17, 15) is 4.79 Å². The normalized spacial score (nSPS) is 15.7. The average Bonchev–Trinajstić information content (AvgIpc) is 2.88. The maximum atomic E-state index is 13.2. The second-order valence-corrected chi connectivity index (χ2v) is 7.94. The summed E-state index contributed by atoms with van der Waals surface area (Å²) in [6.45, 7) is 1.37. The van der Waals surface area contributed by atoms with Crippen LogP contribution in [0.25, 0.3) is 11.4 Å². The van der Waals surface area contributed by atoms with Crippen LogP contribution in [0.1, 0.15) is 30.0 Å². The number of aromatic nitrogens is 3. The Balaban J connectivity index is 1.49. The van der Waals surface area contributed by atoms with E-state index >= 15 is 0 Å². The smallest absolute Gasteiger partial charge is 0.227 e. The molecule has 172 valence electrons. The van der Waals surface area contributed by atoms with Crippen LogP contribution in [0.4, 0.5) is 0 Å². The van der Waals surface area contributed by atoms with Gasteiger partial charge in [-0.2, -0.15) is 0 Å². The van der Waals surface area contributed by atoms with Crippen molar-refractivity contribution >= 4 is 5.91 Å². The van der Waals surface area contributed by atoms with Crippen molar-refractivity contribution in [2.45, 2.75) is 25.2 Å². The van der Waals surface area contributed by atoms with Gasteiger partial charge in [-0.1, -0.05) is 0 Å². The Kier molecular flexibility index (Phi) is 7.02. The monoisotopic (exact) mass is 448 g/mol. The number of pyridine rings is 1. The molecule has 0 radical (unpaired) electrons. The summed E-state index contributed by atoms with van der Waals surface area (Å²) < 4.78 is 16.2. The van der Waals surface area contributed by atoms with Gasteiger partial charge in [0, 0.05) is 48.9 Å². The third-order valence-corrected chi connectivity index (χ3v) is 5.87. The Morgan fingerprint density at radius 2 is 1.88 bits per heavy atom. The first-order valence-electron chi connectivity index (χ1n) is 10.9. The van der Waals surface area contributed by atoms with Crippen LogP contribution in [0.2, 0.25) is 0 Å². The Morgan fingerprint density at radius 3 is 2.55 bits per heavy atom. The number of carbonyl (C=O) groups is 1. The summed E-state index contributed by atoms with van der Waals surface area (Å²) in [4.78, 5) is 28.4. The number of carbonyl (C=O) groups excluding carboxylic acids is 1. The molecule has 33 heavy (non-hydrogen) atoms. The van der Waals surface area contributed by atoms with Crippen molar-refractivity contribution in [3.8, 4) is 28.6 Å². The van der Waals surface area contributed by atoms with Crippen LogP contribution in [0.5, 0.6) is 17.2 Å². The SMILES string of the molecule is COc1cc(CC(=O)N2CCC[C@H](c3ccnc(-c4cccnc4)n3)C2)cc(OC)c1OC. The van der Waals surface area contributed by atoms with E-state index in [-0.39, 0.29) is 18.2 Å². The molecule has 3 heterocycles. The number of hydrogen-bond donors (Lipinski definition) is 0. The van der Waals surface area contributed by atoms with E-state index in [4.69, 9.17) is 19.2 Å². The molecule has 1 saturated heterocycles. The maximum absolute atomic E-state index is 13.2. The second kappa shape index (κ2) is 10.3. The van der Waals surface area contributed by atoms with Crippen molar-refractivity contribution in [3.63, 3.8) is 0 Å². The van der Waals surface area contributed by atoms with Gasteiger partial charge in [0.1, 0.15) is 0 Å². The number of methoxy groups -OCH3 is 3. The van der Waals surface area contributed by atoms with Gasteiger partial charge in [-0.15, -0.1) is 0 Å². The minimum Gasteiger partial charge on any atom is -0.493 e. The molecule has 0 saturated carbocycles. The summed E-state index contributed by atoms with van der Waals surface area (Å²) in [7, 11) is 4.70. The molecule has 3 aromatic rings. The summed E-state index contributed by atoms with van der Waals surface area (Å²) in [5, 5.41) is 0. The Bertz CT molecular complexity index is 1080. The summed E-state index contributed by atoms with van der Waals surface area (Å²) in [5.74, 6) is 2.49. The molecule has 0 N–H and O–H groups in total. The van der Waals surface area contributed by atoms with Gasteiger partial charge >= 0.3 is 0 Å². The lowest BCUT2D eigenvalue weighted by Gasteiger charge is -2.32. The fraction of sp³-hybridized carbons (Fsp3) is 0.360. The third-order valence-electron chi connectivity index (χ3n) is 5.87. The lowest BCUT2D eigenvalue weighted by atomic mass is 9.94. The van der Waals surface area contributed by atoms with Crippen molar-refractivity contribution in [2.75, 3.05) is 34.4 Å². The van der Waals surface area contributed by atoms with Crippen molar-refractivity contribution in [3.05, 3.63) is 60.2 Å². The van der Waals surface area contributed by atoms with E-state index in [1.165, 1.54) is 0 Å². The van der Waals surface area contributed by atoms with E-state index in [2.05, 4.69) is 9.97 Å². The zero-order valence-corrected chi connectivity index (χ0v) is 19.2. The fourth-order valence-electron chi connectivity index (χ4n) is 4.20. The Hall–Kier alpha value is -3.68. The van der Waals surface area contributed by atoms with Crippen LogP contribution in [0.15, 0.2) is 48.9 Å². The largest absolute Gasteiger partial charge is 0.493 e. The minimum atomic E-state index is 0.0653. The van der Waals surface area contributed by atoms with Crippen LogP contribution in [0, 0.1) is 0 Å². The van der Waals surface area contributed by atoms with Crippen LogP contribution >= 0.6 is 0 Å². The van der Waals surface area contributed by atoms with Gasteiger partial charge in [0.15, 0.2) is 17.3 Å². The molecule has 4 rings (SSSR count). The summed E-state index contributed by atoms with van der Waals surface area (Å²) in [6, 6.07) is 9.41.